The fourth-order valence-corrected chi connectivity index (χ4v) is 4.37. The number of rotatable bonds is 8. The fourth-order valence-electron chi connectivity index (χ4n) is 4.37. The summed E-state index contributed by atoms with van der Waals surface area (Å²) in [5.41, 5.74) is 2.00. The van der Waals surface area contributed by atoms with Crippen molar-refractivity contribution in [2.45, 2.75) is 69.7 Å². The van der Waals surface area contributed by atoms with Crippen LogP contribution in [0.15, 0.2) is 30.6 Å². The van der Waals surface area contributed by atoms with Gasteiger partial charge in [0.15, 0.2) is 0 Å². The fraction of sp³-hybridized carbons (Fsp3) is 0.545. The molecule has 2 amide bonds. The van der Waals surface area contributed by atoms with E-state index in [1.165, 1.54) is 25.7 Å². The van der Waals surface area contributed by atoms with E-state index in [2.05, 4.69) is 25.8 Å². The molecule has 2 heterocycles. The molecule has 2 aliphatic rings. The van der Waals surface area contributed by atoms with Crippen molar-refractivity contribution < 1.29 is 9.59 Å². The van der Waals surface area contributed by atoms with Crippen LogP contribution in [0.25, 0.3) is 0 Å². The normalized spacial score (nSPS) is 21.5. The molecule has 0 aromatic carbocycles. The molecule has 0 spiro atoms. The summed E-state index contributed by atoms with van der Waals surface area (Å²) < 4.78 is 0. The minimum absolute atomic E-state index is 0.0466. The van der Waals surface area contributed by atoms with Crippen molar-refractivity contribution in [3.8, 4) is 0 Å². The maximum Gasteiger partial charge on any atom is 0.225 e. The molecule has 7 heteroatoms. The zero-order valence-electron chi connectivity index (χ0n) is 16.7. The van der Waals surface area contributed by atoms with Gasteiger partial charge in [-0.15, -0.1) is 0 Å². The van der Waals surface area contributed by atoms with E-state index in [1.54, 1.807) is 12.4 Å². The van der Waals surface area contributed by atoms with Gasteiger partial charge in [0.25, 0.3) is 0 Å². The van der Waals surface area contributed by atoms with Crippen LogP contribution in [-0.2, 0) is 16.0 Å². The summed E-state index contributed by atoms with van der Waals surface area (Å²) in [7, 11) is 0. The Bertz CT molecular complexity index is 823. The van der Waals surface area contributed by atoms with Gasteiger partial charge in [-0.05, 0) is 49.7 Å². The Morgan fingerprint density at radius 2 is 2.00 bits per heavy atom. The van der Waals surface area contributed by atoms with Crippen molar-refractivity contribution >= 4 is 17.6 Å². The Labute approximate surface area is 171 Å². The number of aromatic nitrogens is 3. The van der Waals surface area contributed by atoms with Gasteiger partial charge in [0.05, 0.1) is 5.69 Å². The third kappa shape index (κ3) is 5.43. The van der Waals surface area contributed by atoms with Crippen LogP contribution < -0.4 is 10.6 Å². The second kappa shape index (κ2) is 9.20. The highest BCUT2D eigenvalue weighted by Crippen LogP contribution is 2.37. The first-order valence-corrected chi connectivity index (χ1v) is 10.7. The van der Waals surface area contributed by atoms with Gasteiger partial charge in [-0.25, -0.2) is 0 Å². The topological polar surface area (TPSA) is 99.8 Å². The van der Waals surface area contributed by atoms with Gasteiger partial charge in [0.2, 0.25) is 11.8 Å². The number of hydrogen-bond donors (Lipinski definition) is 3. The summed E-state index contributed by atoms with van der Waals surface area (Å²) >= 11 is 0. The highest BCUT2D eigenvalue weighted by molar-refractivity contribution is 5.89. The number of nitrogens with zero attached hydrogens (tertiary/aromatic N) is 2. The molecule has 154 valence electrons. The van der Waals surface area contributed by atoms with Crippen LogP contribution in [0.2, 0.25) is 0 Å². The molecule has 0 radical (unpaired) electrons. The zero-order valence-corrected chi connectivity index (χ0v) is 16.7. The molecule has 0 bridgehead atoms. The molecular formula is C22H29N5O2. The standard InChI is InChI=1S/C22H29N5O2/c28-21(8-7-16-6-3-9-23-14-16)25-20-13-19(26-27-20)17-11-18(12-17)24-22(29)10-15-4-1-2-5-15/h3,6,9,13-15,17-18H,1-2,4-5,7-8,10-12H2,(H,24,29)(H2,25,26,27,28). The summed E-state index contributed by atoms with van der Waals surface area (Å²) in [6, 6.07) is 6.00. The van der Waals surface area contributed by atoms with E-state index in [1.807, 2.05) is 18.2 Å². The summed E-state index contributed by atoms with van der Waals surface area (Å²) in [4.78, 5) is 28.3. The predicted molar refractivity (Wildman–Crippen MR) is 110 cm³/mol. The monoisotopic (exact) mass is 395 g/mol. The van der Waals surface area contributed by atoms with E-state index in [9.17, 15) is 9.59 Å². The molecule has 2 aromatic heterocycles. The molecular weight excluding hydrogens is 366 g/mol. The van der Waals surface area contributed by atoms with Crippen molar-refractivity contribution in [2.24, 2.45) is 5.92 Å². The molecule has 0 saturated heterocycles. The molecule has 29 heavy (non-hydrogen) atoms. The number of aryl methyl sites for hydroxylation is 1. The summed E-state index contributed by atoms with van der Waals surface area (Å²) in [6.45, 7) is 0. The number of nitrogens with one attached hydrogen (secondary N) is 3. The molecule has 2 aliphatic carbocycles. The van der Waals surface area contributed by atoms with Crippen molar-refractivity contribution in [3.63, 3.8) is 0 Å². The van der Waals surface area contributed by atoms with Gasteiger partial charge in [-0.1, -0.05) is 18.9 Å². The minimum atomic E-state index is -0.0466. The van der Waals surface area contributed by atoms with Crippen LogP contribution in [0.1, 0.15) is 68.5 Å². The van der Waals surface area contributed by atoms with Crippen molar-refractivity contribution in [3.05, 3.63) is 41.9 Å². The van der Waals surface area contributed by atoms with Gasteiger partial charge in [-0.3, -0.25) is 19.7 Å². The Balaban J connectivity index is 1.17. The molecule has 3 N–H and O–H groups in total. The summed E-state index contributed by atoms with van der Waals surface area (Å²) in [5, 5.41) is 13.3. The SMILES string of the molecule is O=C(CCc1cccnc1)Nc1cc(C2CC(NC(=O)CC3CCCC3)C2)n[nH]1. The lowest BCUT2D eigenvalue weighted by Gasteiger charge is -2.35. The van der Waals surface area contributed by atoms with Crippen LogP contribution in [-0.4, -0.2) is 33.0 Å². The lowest BCUT2D eigenvalue weighted by Crippen LogP contribution is -2.43. The molecule has 0 unspecified atom stereocenters. The molecule has 2 saturated carbocycles. The highest BCUT2D eigenvalue weighted by atomic mass is 16.2. The van der Waals surface area contributed by atoms with E-state index in [0.29, 0.717) is 36.9 Å². The lowest BCUT2D eigenvalue weighted by atomic mass is 9.78. The molecule has 4 rings (SSSR count). The first kappa shape index (κ1) is 19.6. The second-order valence-corrected chi connectivity index (χ2v) is 8.40. The first-order chi connectivity index (χ1) is 14.2. The Morgan fingerprint density at radius 3 is 2.76 bits per heavy atom. The number of aromatic amines is 1. The smallest absolute Gasteiger partial charge is 0.225 e. The van der Waals surface area contributed by atoms with Crippen LogP contribution in [0, 0.1) is 5.92 Å². The Kier molecular flexibility index (Phi) is 6.22. The van der Waals surface area contributed by atoms with Gasteiger partial charge in [0.1, 0.15) is 5.82 Å². The summed E-state index contributed by atoms with van der Waals surface area (Å²) in [5.74, 6) is 1.70. The van der Waals surface area contributed by atoms with Gasteiger partial charge >= 0.3 is 0 Å². The maximum absolute atomic E-state index is 12.2. The van der Waals surface area contributed by atoms with E-state index in [-0.39, 0.29) is 17.9 Å². The van der Waals surface area contributed by atoms with E-state index in [4.69, 9.17) is 0 Å². The number of carbonyl (C=O) groups is 2. The lowest BCUT2D eigenvalue weighted by molar-refractivity contribution is -0.123. The highest BCUT2D eigenvalue weighted by Gasteiger charge is 2.33. The molecule has 0 atom stereocenters. The molecule has 0 aliphatic heterocycles. The first-order valence-electron chi connectivity index (χ1n) is 10.7. The van der Waals surface area contributed by atoms with E-state index in [0.717, 1.165) is 24.1 Å². The minimum Gasteiger partial charge on any atom is -0.353 e. The van der Waals surface area contributed by atoms with Crippen LogP contribution in [0.5, 0.6) is 0 Å². The number of pyridine rings is 1. The largest absolute Gasteiger partial charge is 0.353 e. The van der Waals surface area contributed by atoms with Crippen molar-refractivity contribution in [1.82, 2.24) is 20.5 Å². The van der Waals surface area contributed by atoms with E-state index >= 15 is 0 Å². The Morgan fingerprint density at radius 1 is 1.17 bits per heavy atom. The van der Waals surface area contributed by atoms with Crippen molar-refractivity contribution in [1.29, 1.82) is 0 Å². The predicted octanol–water partition coefficient (Wildman–Crippen LogP) is 3.32. The number of amides is 2. The quantitative estimate of drug-likeness (QED) is 0.638. The molecule has 2 aromatic rings. The Hall–Kier alpha value is -2.70. The van der Waals surface area contributed by atoms with Crippen molar-refractivity contribution in [2.75, 3.05) is 5.32 Å². The number of H-pyrrole nitrogens is 1. The second-order valence-electron chi connectivity index (χ2n) is 8.40. The van der Waals surface area contributed by atoms with Gasteiger partial charge in [-0.2, -0.15) is 5.10 Å². The van der Waals surface area contributed by atoms with Crippen LogP contribution >= 0.6 is 0 Å². The summed E-state index contributed by atoms with van der Waals surface area (Å²) in [6.07, 6.45) is 12.0. The van der Waals surface area contributed by atoms with E-state index < -0.39 is 0 Å². The molecule has 2 fully saturated rings. The van der Waals surface area contributed by atoms with Crippen LogP contribution in [0.3, 0.4) is 0 Å². The molecule has 7 nitrogen and oxygen atoms in total. The maximum atomic E-state index is 12.2. The number of anilines is 1. The van der Waals surface area contributed by atoms with Crippen LogP contribution in [0.4, 0.5) is 5.82 Å². The third-order valence-electron chi connectivity index (χ3n) is 6.11. The zero-order chi connectivity index (χ0) is 20.1. The van der Waals surface area contributed by atoms with Gasteiger partial charge in [0, 0.05) is 43.3 Å². The number of carbonyl (C=O) groups excluding carboxylic acids is 2. The third-order valence-corrected chi connectivity index (χ3v) is 6.11. The van der Waals surface area contributed by atoms with Gasteiger partial charge < -0.3 is 10.6 Å². The average Bonchev–Trinajstić information content (AvgIpc) is 3.36. The average molecular weight is 396 g/mol. The number of hydrogen-bond acceptors (Lipinski definition) is 4.